The lowest BCUT2D eigenvalue weighted by atomic mass is 10.1. The standard InChI is InChI=1S/C14H20ClN5O2/c1-3-19(4-2)14-17-7-10(15)11(18-14)13(22)20-6-5-9(8-20)12(16)21/h7,9H,3-6,8H2,1-2H3,(H2,16,21)/t9-/m0/s1. The lowest BCUT2D eigenvalue weighted by molar-refractivity contribution is -0.121. The highest BCUT2D eigenvalue weighted by atomic mass is 35.5. The molecule has 0 bridgehead atoms. The van der Waals surface area contributed by atoms with Crippen LogP contribution in [-0.2, 0) is 4.79 Å². The SMILES string of the molecule is CCN(CC)c1ncc(Cl)c(C(=O)N2CC[C@H](C(N)=O)C2)n1. The summed E-state index contributed by atoms with van der Waals surface area (Å²) in [6, 6.07) is 0. The predicted octanol–water partition coefficient (Wildman–Crippen LogP) is 0.924. The van der Waals surface area contributed by atoms with Gasteiger partial charge < -0.3 is 15.5 Å². The van der Waals surface area contributed by atoms with Crippen LogP contribution in [0.4, 0.5) is 5.95 Å². The summed E-state index contributed by atoms with van der Waals surface area (Å²) in [7, 11) is 0. The Kier molecular flexibility index (Phi) is 5.18. The number of nitrogens with zero attached hydrogens (tertiary/aromatic N) is 4. The van der Waals surface area contributed by atoms with E-state index in [1.165, 1.54) is 6.20 Å². The number of halogens is 1. The molecule has 1 aromatic rings. The van der Waals surface area contributed by atoms with Crippen LogP contribution in [0.1, 0.15) is 30.8 Å². The third-order valence-corrected chi connectivity index (χ3v) is 4.13. The maximum atomic E-state index is 12.6. The predicted molar refractivity (Wildman–Crippen MR) is 83.8 cm³/mol. The molecule has 1 aliphatic heterocycles. The molecule has 8 heteroatoms. The number of amides is 2. The Balaban J connectivity index is 2.22. The number of hydrogen-bond acceptors (Lipinski definition) is 5. The van der Waals surface area contributed by atoms with Crippen LogP contribution in [0.25, 0.3) is 0 Å². The van der Waals surface area contributed by atoms with Crippen LogP contribution in [0.2, 0.25) is 5.02 Å². The molecule has 0 radical (unpaired) electrons. The summed E-state index contributed by atoms with van der Waals surface area (Å²) in [4.78, 5) is 35.8. The summed E-state index contributed by atoms with van der Waals surface area (Å²) in [5.41, 5.74) is 5.46. The molecule has 22 heavy (non-hydrogen) atoms. The first kappa shape index (κ1) is 16.5. The second-order valence-electron chi connectivity index (χ2n) is 5.18. The minimum absolute atomic E-state index is 0.170. The first-order valence-corrected chi connectivity index (χ1v) is 7.71. The van der Waals surface area contributed by atoms with E-state index in [9.17, 15) is 9.59 Å². The smallest absolute Gasteiger partial charge is 0.274 e. The first-order valence-electron chi connectivity index (χ1n) is 7.34. The number of primary amides is 1. The van der Waals surface area contributed by atoms with Crippen molar-refractivity contribution in [1.29, 1.82) is 0 Å². The van der Waals surface area contributed by atoms with Gasteiger partial charge in [-0.1, -0.05) is 11.6 Å². The normalized spacial score (nSPS) is 17.6. The summed E-state index contributed by atoms with van der Waals surface area (Å²) in [5, 5.41) is 0.212. The van der Waals surface area contributed by atoms with Crippen LogP contribution < -0.4 is 10.6 Å². The molecule has 120 valence electrons. The fraction of sp³-hybridized carbons (Fsp3) is 0.571. The number of rotatable bonds is 5. The summed E-state index contributed by atoms with van der Waals surface area (Å²) in [6.07, 6.45) is 2.02. The fourth-order valence-electron chi connectivity index (χ4n) is 2.49. The van der Waals surface area contributed by atoms with Gasteiger partial charge in [0.1, 0.15) is 0 Å². The summed E-state index contributed by atoms with van der Waals surface area (Å²) in [6.45, 7) is 6.24. The van der Waals surface area contributed by atoms with E-state index in [-0.39, 0.29) is 28.4 Å². The molecule has 0 unspecified atom stereocenters. The molecule has 1 aliphatic rings. The van der Waals surface area contributed by atoms with Gasteiger partial charge in [0.2, 0.25) is 11.9 Å². The van der Waals surface area contributed by atoms with E-state index >= 15 is 0 Å². The quantitative estimate of drug-likeness (QED) is 0.869. The zero-order chi connectivity index (χ0) is 16.3. The molecule has 0 spiro atoms. The van der Waals surface area contributed by atoms with Gasteiger partial charge in [0.25, 0.3) is 5.91 Å². The van der Waals surface area contributed by atoms with E-state index in [1.54, 1.807) is 4.90 Å². The Labute approximate surface area is 134 Å². The van der Waals surface area contributed by atoms with Gasteiger partial charge in [-0.15, -0.1) is 0 Å². The molecule has 0 saturated carbocycles. The lowest BCUT2D eigenvalue weighted by Gasteiger charge is -2.20. The molecule has 7 nitrogen and oxygen atoms in total. The van der Waals surface area contributed by atoms with Gasteiger partial charge in [-0.3, -0.25) is 9.59 Å². The van der Waals surface area contributed by atoms with Gasteiger partial charge in [0, 0.05) is 26.2 Å². The fourth-order valence-corrected chi connectivity index (χ4v) is 2.67. The molecule has 1 fully saturated rings. The first-order chi connectivity index (χ1) is 10.5. The van der Waals surface area contributed by atoms with Gasteiger partial charge in [-0.2, -0.15) is 0 Å². The molecule has 1 aromatic heterocycles. The monoisotopic (exact) mass is 325 g/mol. The lowest BCUT2D eigenvalue weighted by Crippen LogP contribution is -2.33. The highest BCUT2D eigenvalue weighted by Gasteiger charge is 2.32. The van der Waals surface area contributed by atoms with Crippen molar-refractivity contribution in [3.63, 3.8) is 0 Å². The Hall–Kier alpha value is -1.89. The van der Waals surface area contributed by atoms with Gasteiger partial charge >= 0.3 is 0 Å². The molecular weight excluding hydrogens is 306 g/mol. The highest BCUT2D eigenvalue weighted by molar-refractivity contribution is 6.33. The van der Waals surface area contributed by atoms with Crippen LogP contribution in [0.15, 0.2) is 6.20 Å². The Bertz CT molecular complexity index is 576. The topological polar surface area (TPSA) is 92.4 Å². The van der Waals surface area contributed by atoms with Crippen molar-refractivity contribution < 1.29 is 9.59 Å². The summed E-state index contributed by atoms with van der Waals surface area (Å²) in [5.74, 6) is -0.493. The molecular formula is C14H20ClN5O2. The molecule has 1 atom stereocenters. The van der Waals surface area contributed by atoms with E-state index in [0.717, 1.165) is 13.1 Å². The molecule has 0 aliphatic carbocycles. The Morgan fingerprint density at radius 1 is 1.45 bits per heavy atom. The zero-order valence-corrected chi connectivity index (χ0v) is 13.5. The number of carbonyl (C=O) groups excluding carboxylic acids is 2. The van der Waals surface area contributed by atoms with E-state index < -0.39 is 0 Å². The third kappa shape index (κ3) is 3.30. The molecule has 0 aromatic carbocycles. The largest absolute Gasteiger partial charge is 0.369 e. The number of aromatic nitrogens is 2. The van der Waals surface area contributed by atoms with Crippen molar-refractivity contribution in [1.82, 2.24) is 14.9 Å². The molecule has 2 heterocycles. The van der Waals surface area contributed by atoms with Crippen LogP contribution in [-0.4, -0.2) is 52.9 Å². The third-order valence-electron chi connectivity index (χ3n) is 3.86. The van der Waals surface area contributed by atoms with E-state index in [1.807, 2.05) is 18.7 Å². The Morgan fingerprint density at radius 3 is 2.68 bits per heavy atom. The van der Waals surface area contributed by atoms with Gasteiger partial charge in [0.15, 0.2) is 5.69 Å². The molecule has 2 amide bonds. The number of likely N-dealkylation sites (tertiary alicyclic amines) is 1. The maximum Gasteiger partial charge on any atom is 0.274 e. The van der Waals surface area contributed by atoms with Crippen LogP contribution in [0.5, 0.6) is 0 Å². The zero-order valence-electron chi connectivity index (χ0n) is 12.8. The van der Waals surface area contributed by atoms with Crippen molar-refractivity contribution in [3.05, 3.63) is 16.9 Å². The number of hydrogen-bond donors (Lipinski definition) is 1. The molecule has 1 saturated heterocycles. The van der Waals surface area contributed by atoms with Crippen LogP contribution >= 0.6 is 11.6 Å². The van der Waals surface area contributed by atoms with Gasteiger partial charge in [-0.25, -0.2) is 9.97 Å². The van der Waals surface area contributed by atoms with Crippen LogP contribution in [0, 0.1) is 5.92 Å². The molecule has 2 N–H and O–H groups in total. The summed E-state index contributed by atoms with van der Waals surface area (Å²) >= 11 is 6.08. The molecule has 2 rings (SSSR count). The number of anilines is 1. The Morgan fingerprint density at radius 2 is 2.14 bits per heavy atom. The average Bonchev–Trinajstić information content (AvgIpc) is 2.99. The van der Waals surface area contributed by atoms with Crippen LogP contribution in [0.3, 0.4) is 0 Å². The van der Waals surface area contributed by atoms with Crippen molar-refractivity contribution in [2.75, 3.05) is 31.1 Å². The van der Waals surface area contributed by atoms with Crippen molar-refractivity contribution in [2.45, 2.75) is 20.3 Å². The van der Waals surface area contributed by atoms with Crippen molar-refractivity contribution >= 4 is 29.4 Å². The second-order valence-corrected chi connectivity index (χ2v) is 5.59. The van der Waals surface area contributed by atoms with Gasteiger partial charge in [0.05, 0.1) is 17.1 Å². The number of carbonyl (C=O) groups is 2. The number of nitrogens with two attached hydrogens (primary N) is 1. The van der Waals surface area contributed by atoms with E-state index in [0.29, 0.717) is 25.5 Å². The average molecular weight is 326 g/mol. The summed E-state index contributed by atoms with van der Waals surface area (Å²) < 4.78 is 0. The second kappa shape index (κ2) is 6.91. The minimum Gasteiger partial charge on any atom is -0.369 e. The van der Waals surface area contributed by atoms with Crippen molar-refractivity contribution in [2.24, 2.45) is 11.7 Å². The highest BCUT2D eigenvalue weighted by Crippen LogP contribution is 2.22. The maximum absolute atomic E-state index is 12.6. The van der Waals surface area contributed by atoms with Crippen molar-refractivity contribution in [3.8, 4) is 0 Å². The van der Waals surface area contributed by atoms with E-state index in [4.69, 9.17) is 17.3 Å². The minimum atomic E-state index is -0.382. The van der Waals surface area contributed by atoms with E-state index in [2.05, 4.69) is 9.97 Å². The van der Waals surface area contributed by atoms with Gasteiger partial charge in [-0.05, 0) is 20.3 Å².